The molecule has 1 aliphatic heterocycles. The van der Waals surface area contributed by atoms with Gasteiger partial charge in [0.25, 0.3) is 0 Å². The molecule has 1 amide bonds. The molecule has 3 nitrogen and oxygen atoms in total. The van der Waals surface area contributed by atoms with E-state index in [9.17, 15) is 9.18 Å². The van der Waals surface area contributed by atoms with E-state index in [4.69, 9.17) is 4.74 Å². The Morgan fingerprint density at radius 1 is 1.40 bits per heavy atom. The van der Waals surface area contributed by atoms with Gasteiger partial charge in [0.1, 0.15) is 5.82 Å². The number of ether oxygens (including phenoxy) is 1. The molecule has 2 saturated carbocycles. The summed E-state index contributed by atoms with van der Waals surface area (Å²) in [4.78, 5) is 12.2. The maximum atomic E-state index is 13.8. The van der Waals surface area contributed by atoms with Crippen LogP contribution in [0.25, 0.3) is 0 Å². The van der Waals surface area contributed by atoms with Crippen molar-refractivity contribution in [3.8, 4) is 0 Å². The first-order valence-corrected chi connectivity index (χ1v) is 9.55. The maximum Gasteiger partial charge on any atom is 0.219 e. The Balaban J connectivity index is 1.70. The van der Waals surface area contributed by atoms with Gasteiger partial charge in [0.2, 0.25) is 5.91 Å². The summed E-state index contributed by atoms with van der Waals surface area (Å²) >= 11 is 0. The third kappa shape index (κ3) is 2.44. The average Bonchev–Trinajstić information content (AvgIpc) is 3.07. The van der Waals surface area contributed by atoms with E-state index in [1.807, 2.05) is 13.0 Å². The summed E-state index contributed by atoms with van der Waals surface area (Å²) in [6.07, 6.45) is 3.69. The second kappa shape index (κ2) is 5.80. The molecule has 0 radical (unpaired) electrons. The second-order valence-corrected chi connectivity index (χ2v) is 8.75. The molecule has 3 aliphatic rings. The van der Waals surface area contributed by atoms with Crippen LogP contribution in [0, 0.1) is 28.5 Å². The highest BCUT2D eigenvalue weighted by Crippen LogP contribution is 2.70. The lowest BCUT2D eigenvalue weighted by Gasteiger charge is -2.53. The molecule has 4 heteroatoms. The van der Waals surface area contributed by atoms with Crippen molar-refractivity contribution in [2.24, 2.45) is 22.7 Å². The Bertz CT molecular complexity index is 688. The Morgan fingerprint density at radius 3 is 2.92 bits per heavy atom. The zero-order valence-electron chi connectivity index (χ0n) is 15.3. The van der Waals surface area contributed by atoms with E-state index < -0.39 is 0 Å². The smallest absolute Gasteiger partial charge is 0.219 e. The van der Waals surface area contributed by atoms with Gasteiger partial charge in [-0.15, -0.1) is 0 Å². The predicted molar refractivity (Wildman–Crippen MR) is 94.4 cm³/mol. The zero-order chi connectivity index (χ0) is 17.8. The van der Waals surface area contributed by atoms with Gasteiger partial charge in [-0.25, -0.2) is 4.39 Å². The molecular formula is C21H28FNO2. The number of hydrogen-bond donors (Lipinski definition) is 1. The Kier molecular flexibility index (Phi) is 3.95. The summed E-state index contributed by atoms with van der Waals surface area (Å²) in [5, 5.41) is 3.36. The molecule has 0 aromatic heterocycles. The number of benzene rings is 1. The fraction of sp³-hybridized carbons (Fsp3) is 0.667. The first-order valence-electron chi connectivity index (χ1n) is 9.55. The molecule has 0 unspecified atom stereocenters. The van der Waals surface area contributed by atoms with Gasteiger partial charge < -0.3 is 10.1 Å². The summed E-state index contributed by atoms with van der Waals surface area (Å²) < 4.78 is 19.9. The minimum atomic E-state index is -0.208. The van der Waals surface area contributed by atoms with E-state index in [0.29, 0.717) is 24.9 Å². The molecule has 2 aliphatic carbocycles. The lowest BCUT2D eigenvalue weighted by atomic mass is 9.59. The van der Waals surface area contributed by atoms with E-state index in [1.54, 1.807) is 12.1 Å². The Labute approximate surface area is 149 Å². The highest BCUT2D eigenvalue weighted by atomic mass is 19.1. The summed E-state index contributed by atoms with van der Waals surface area (Å²) in [7, 11) is 0. The van der Waals surface area contributed by atoms with Crippen LogP contribution in [0.1, 0.15) is 58.1 Å². The SMILES string of the molecule is CCC(=O)N[C@@H]1C(C)(C)[C@@H]2C[C@@H]3[C@@H](c4cccc(F)c4)OCC[C@@]31C2. The Hall–Kier alpha value is -1.42. The molecular weight excluding hydrogens is 317 g/mol. The van der Waals surface area contributed by atoms with Gasteiger partial charge in [0.15, 0.2) is 0 Å². The van der Waals surface area contributed by atoms with Crippen LogP contribution in [0.3, 0.4) is 0 Å². The van der Waals surface area contributed by atoms with Crippen LogP contribution in [0.4, 0.5) is 4.39 Å². The van der Waals surface area contributed by atoms with Crippen LogP contribution in [-0.4, -0.2) is 18.6 Å². The third-order valence-electron chi connectivity index (χ3n) is 7.31. The van der Waals surface area contributed by atoms with Gasteiger partial charge in [0.05, 0.1) is 6.10 Å². The fourth-order valence-corrected chi connectivity index (χ4v) is 6.06. The number of fused-ring (bicyclic) bond motifs is 1. The quantitative estimate of drug-likeness (QED) is 0.890. The van der Waals surface area contributed by atoms with E-state index in [1.165, 1.54) is 6.07 Å². The number of halogens is 1. The van der Waals surface area contributed by atoms with Gasteiger partial charge in [-0.05, 0) is 59.6 Å². The summed E-state index contributed by atoms with van der Waals surface area (Å²) in [5.41, 5.74) is 1.12. The van der Waals surface area contributed by atoms with Crippen LogP contribution in [0.15, 0.2) is 24.3 Å². The Morgan fingerprint density at radius 2 is 2.20 bits per heavy atom. The van der Waals surface area contributed by atoms with E-state index in [-0.39, 0.29) is 34.7 Å². The van der Waals surface area contributed by atoms with Gasteiger partial charge in [0, 0.05) is 19.1 Å². The number of amides is 1. The van der Waals surface area contributed by atoms with Gasteiger partial charge in [-0.1, -0.05) is 32.9 Å². The number of nitrogens with one attached hydrogen (secondary N) is 1. The largest absolute Gasteiger partial charge is 0.373 e. The number of hydrogen-bond acceptors (Lipinski definition) is 2. The minimum absolute atomic E-state index is 0.0634. The van der Waals surface area contributed by atoms with E-state index in [2.05, 4.69) is 19.2 Å². The lowest BCUT2D eigenvalue weighted by molar-refractivity contribution is -0.137. The molecule has 25 heavy (non-hydrogen) atoms. The van der Waals surface area contributed by atoms with Crippen molar-refractivity contribution in [2.75, 3.05) is 6.61 Å². The fourth-order valence-electron chi connectivity index (χ4n) is 6.06. The van der Waals surface area contributed by atoms with Crippen molar-refractivity contribution in [3.05, 3.63) is 35.6 Å². The number of rotatable bonds is 3. The summed E-state index contributed by atoms with van der Waals surface area (Å²) in [6, 6.07) is 7.01. The highest BCUT2D eigenvalue weighted by molar-refractivity contribution is 5.76. The third-order valence-corrected chi connectivity index (χ3v) is 7.31. The van der Waals surface area contributed by atoms with Gasteiger partial charge >= 0.3 is 0 Å². The first kappa shape index (κ1) is 17.0. The molecule has 1 saturated heterocycles. The van der Waals surface area contributed by atoms with Crippen molar-refractivity contribution in [3.63, 3.8) is 0 Å². The van der Waals surface area contributed by atoms with Gasteiger partial charge in [-0.2, -0.15) is 0 Å². The van der Waals surface area contributed by atoms with Crippen LogP contribution >= 0.6 is 0 Å². The van der Waals surface area contributed by atoms with E-state index >= 15 is 0 Å². The standard InChI is InChI=1S/C21H28FNO2/c1-4-17(24)23-19-20(2,3)14-11-16-18(13-6-5-7-15(22)10-13)25-9-8-21(16,19)12-14/h5-7,10,14,16,18-19H,4,8-9,11-12H2,1-3H3,(H,23,24)/t14-,16-,18-,19-,21-/m1/s1. The highest BCUT2D eigenvalue weighted by Gasteiger charge is 2.68. The van der Waals surface area contributed by atoms with Crippen molar-refractivity contribution < 1.29 is 13.9 Å². The molecule has 1 aromatic rings. The molecule has 1 aromatic carbocycles. The summed E-state index contributed by atoms with van der Waals surface area (Å²) in [5.74, 6) is 0.855. The normalized spacial score (nSPS) is 38.4. The average molecular weight is 345 g/mol. The van der Waals surface area contributed by atoms with Crippen LogP contribution in [0.2, 0.25) is 0 Å². The lowest BCUT2D eigenvalue weighted by Crippen LogP contribution is -2.58. The van der Waals surface area contributed by atoms with Crippen LogP contribution < -0.4 is 5.32 Å². The van der Waals surface area contributed by atoms with Crippen molar-refractivity contribution in [2.45, 2.75) is 58.6 Å². The van der Waals surface area contributed by atoms with Crippen LogP contribution in [0.5, 0.6) is 0 Å². The maximum absolute atomic E-state index is 13.8. The number of carbonyl (C=O) groups is 1. The van der Waals surface area contributed by atoms with Crippen LogP contribution in [-0.2, 0) is 9.53 Å². The van der Waals surface area contributed by atoms with Crippen molar-refractivity contribution in [1.82, 2.24) is 5.32 Å². The second-order valence-electron chi connectivity index (χ2n) is 8.75. The molecule has 1 N–H and O–H groups in total. The minimum Gasteiger partial charge on any atom is -0.373 e. The molecule has 5 atom stereocenters. The molecule has 4 rings (SSSR count). The molecule has 1 heterocycles. The van der Waals surface area contributed by atoms with E-state index in [0.717, 1.165) is 24.8 Å². The predicted octanol–water partition coefficient (Wildman–Crippen LogP) is 4.23. The molecule has 2 bridgehead atoms. The first-order chi connectivity index (χ1) is 11.9. The van der Waals surface area contributed by atoms with Gasteiger partial charge in [-0.3, -0.25) is 4.79 Å². The molecule has 3 fully saturated rings. The van der Waals surface area contributed by atoms with Crippen molar-refractivity contribution >= 4 is 5.91 Å². The number of carbonyl (C=O) groups excluding carboxylic acids is 1. The zero-order valence-corrected chi connectivity index (χ0v) is 15.3. The van der Waals surface area contributed by atoms with Crippen molar-refractivity contribution in [1.29, 1.82) is 0 Å². The monoisotopic (exact) mass is 345 g/mol. The molecule has 1 spiro atoms. The topological polar surface area (TPSA) is 38.3 Å². The summed E-state index contributed by atoms with van der Waals surface area (Å²) in [6.45, 7) is 7.19. The molecule has 136 valence electrons.